The molecule has 6 heteroatoms. The monoisotopic (exact) mass is 281 g/mol. The van der Waals surface area contributed by atoms with E-state index in [2.05, 4.69) is 15.5 Å². The summed E-state index contributed by atoms with van der Waals surface area (Å²) in [5.74, 6) is -1.22. The summed E-state index contributed by atoms with van der Waals surface area (Å²) in [6.07, 6.45) is 0. The lowest BCUT2D eigenvalue weighted by molar-refractivity contribution is -0.116. The number of para-hydroxylation sites is 1. The van der Waals surface area contributed by atoms with E-state index in [0.717, 1.165) is 11.3 Å². The number of hydrogen-bond acceptors (Lipinski definition) is 4. The summed E-state index contributed by atoms with van der Waals surface area (Å²) in [6.45, 7) is 0. The highest BCUT2D eigenvalue weighted by Crippen LogP contribution is 2.33. The highest BCUT2D eigenvalue weighted by Gasteiger charge is 2.29. The lowest BCUT2D eigenvalue weighted by Gasteiger charge is -2.01. The fourth-order valence-corrected chi connectivity index (χ4v) is 2.10. The number of nitrogens with one attached hydrogen (secondary N) is 1. The predicted octanol–water partition coefficient (Wildman–Crippen LogP) is 3.16. The van der Waals surface area contributed by atoms with Crippen LogP contribution in [0.25, 0.3) is 0 Å². The molecule has 3 rings (SSSR count). The Morgan fingerprint density at radius 3 is 2.52 bits per heavy atom. The van der Waals surface area contributed by atoms with Gasteiger partial charge in [0.15, 0.2) is 6.04 Å². The maximum atomic E-state index is 11.9. The molecule has 1 amide bonds. The van der Waals surface area contributed by atoms with Crippen LogP contribution in [0.3, 0.4) is 0 Å². The molecule has 1 atom stereocenters. The molecule has 1 heterocycles. The normalized spacial score (nSPS) is 16.8. The van der Waals surface area contributed by atoms with Gasteiger partial charge in [-0.05, 0) is 30.3 Å². The number of carbonyl (C=O) groups is 2. The number of carboxylic acid groups (broad SMARTS) is 1. The van der Waals surface area contributed by atoms with Gasteiger partial charge in [0.25, 0.3) is 5.91 Å². The van der Waals surface area contributed by atoms with Crippen LogP contribution in [0.15, 0.2) is 58.8 Å². The first-order valence-electron chi connectivity index (χ1n) is 6.29. The van der Waals surface area contributed by atoms with Gasteiger partial charge in [0, 0.05) is 11.3 Å². The summed E-state index contributed by atoms with van der Waals surface area (Å²) in [5, 5.41) is 19.6. The maximum absolute atomic E-state index is 11.9. The third-order valence-corrected chi connectivity index (χ3v) is 3.16. The molecule has 1 aliphatic heterocycles. The van der Waals surface area contributed by atoms with E-state index < -0.39 is 12.0 Å². The van der Waals surface area contributed by atoms with Crippen molar-refractivity contribution in [3.05, 3.63) is 59.7 Å². The fraction of sp³-hybridized carbons (Fsp3) is 0.0667. The number of nitrogens with zero attached hydrogens (tertiary/aromatic N) is 2. The zero-order chi connectivity index (χ0) is 14.8. The molecule has 1 unspecified atom stereocenters. The minimum absolute atomic E-state index is 0.179. The van der Waals surface area contributed by atoms with Crippen molar-refractivity contribution in [3.8, 4) is 0 Å². The van der Waals surface area contributed by atoms with E-state index in [9.17, 15) is 9.59 Å². The summed E-state index contributed by atoms with van der Waals surface area (Å²) >= 11 is 0. The quantitative estimate of drug-likeness (QED) is 0.846. The number of carbonyl (C=O) groups excluding carboxylic acids is 1. The number of benzene rings is 2. The number of rotatable bonds is 3. The Morgan fingerprint density at radius 1 is 1.10 bits per heavy atom. The minimum atomic E-state index is -0.998. The molecule has 1 aliphatic rings. The fourth-order valence-electron chi connectivity index (χ4n) is 2.10. The summed E-state index contributed by atoms with van der Waals surface area (Å²) in [4.78, 5) is 22.6. The van der Waals surface area contributed by atoms with Crippen molar-refractivity contribution >= 4 is 23.3 Å². The van der Waals surface area contributed by atoms with Crippen LogP contribution < -0.4 is 5.32 Å². The van der Waals surface area contributed by atoms with E-state index in [0.29, 0.717) is 5.69 Å². The van der Waals surface area contributed by atoms with Crippen LogP contribution in [0.2, 0.25) is 0 Å². The molecule has 0 radical (unpaired) electrons. The van der Waals surface area contributed by atoms with Crippen molar-refractivity contribution in [2.45, 2.75) is 6.04 Å². The first-order valence-corrected chi connectivity index (χ1v) is 6.29. The molecule has 0 saturated carbocycles. The third-order valence-electron chi connectivity index (χ3n) is 3.16. The molecule has 2 aromatic rings. The molecule has 0 bridgehead atoms. The van der Waals surface area contributed by atoms with E-state index in [1.165, 1.54) is 12.1 Å². The lowest BCUT2D eigenvalue weighted by atomic mass is 10.1. The highest BCUT2D eigenvalue weighted by molar-refractivity contribution is 6.02. The molecule has 2 N–H and O–H groups in total. The van der Waals surface area contributed by atoms with Crippen molar-refractivity contribution in [2.24, 2.45) is 10.2 Å². The summed E-state index contributed by atoms with van der Waals surface area (Å²) in [6, 6.07) is 12.6. The largest absolute Gasteiger partial charge is 0.478 e. The van der Waals surface area contributed by atoms with E-state index in [1.807, 2.05) is 24.3 Å². The van der Waals surface area contributed by atoms with Crippen molar-refractivity contribution < 1.29 is 14.7 Å². The molecular formula is C15H11N3O3. The van der Waals surface area contributed by atoms with E-state index in [4.69, 9.17) is 5.11 Å². The number of anilines is 1. The maximum Gasteiger partial charge on any atom is 0.335 e. The summed E-state index contributed by atoms with van der Waals surface area (Å²) in [7, 11) is 0. The molecule has 0 aliphatic carbocycles. The average Bonchev–Trinajstić information content (AvgIpc) is 2.81. The molecule has 0 fully saturated rings. The average molecular weight is 281 g/mol. The third kappa shape index (κ3) is 2.51. The Kier molecular flexibility index (Phi) is 3.19. The molecule has 2 aromatic carbocycles. The number of aromatic carboxylic acids is 1. The Morgan fingerprint density at radius 2 is 1.81 bits per heavy atom. The molecule has 6 nitrogen and oxygen atoms in total. The molecule has 0 saturated heterocycles. The van der Waals surface area contributed by atoms with Gasteiger partial charge >= 0.3 is 5.97 Å². The number of amides is 1. The van der Waals surface area contributed by atoms with Crippen LogP contribution in [0.5, 0.6) is 0 Å². The number of carboxylic acids is 1. The van der Waals surface area contributed by atoms with Crippen LogP contribution in [0.1, 0.15) is 22.0 Å². The SMILES string of the molecule is O=C(O)c1ccc(N=NC2C(=O)Nc3ccccc32)cc1. The van der Waals surface area contributed by atoms with Crippen molar-refractivity contribution in [1.29, 1.82) is 0 Å². The minimum Gasteiger partial charge on any atom is -0.478 e. The number of hydrogen-bond donors (Lipinski definition) is 2. The van der Waals surface area contributed by atoms with Crippen molar-refractivity contribution in [3.63, 3.8) is 0 Å². The Bertz CT molecular complexity index is 738. The van der Waals surface area contributed by atoms with Gasteiger partial charge in [-0.25, -0.2) is 4.79 Å². The van der Waals surface area contributed by atoms with Gasteiger partial charge in [-0.2, -0.15) is 10.2 Å². The highest BCUT2D eigenvalue weighted by atomic mass is 16.4. The number of fused-ring (bicyclic) bond motifs is 1. The van der Waals surface area contributed by atoms with Gasteiger partial charge < -0.3 is 10.4 Å². The second-order valence-corrected chi connectivity index (χ2v) is 4.55. The van der Waals surface area contributed by atoms with Crippen molar-refractivity contribution in [2.75, 3.05) is 5.32 Å². The van der Waals surface area contributed by atoms with Crippen molar-refractivity contribution in [1.82, 2.24) is 0 Å². The van der Waals surface area contributed by atoms with Crippen LogP contribution in [-0.4, -0.2) is 17.0 Å². The lowest BCUT2D eigenvalue weighted by Crippen LogP contribution is -2.09. The predicted molar refractivity (Wildman–Crippen MR) is 75.7 cm³/mol. The van der Waals surface area contributed by atoms with Gasteiger partial charge in [0.1, 0.15) is 0 Å². The molecule has 0 spiro atoms. The smallest absolute Gasteiger partial charge is 0.335 e. The Labute approximate surface area is 120 Å². The first kappa shape index (κ1) is 13.0. The van der Waals surface area contributed by atoms with Crippen LogP contribution >= 0.6 is 0 Å². The zero-order valence-electron chi connectivity index (χ0n) is 10.9. The molecule has 0 aromatic heterocycles. The molecular weight excluding hydrogens is 270 g/mol. The second kappa shape index (κ2) is 5.16. The van der Waals surface area contributed by atoms with E-state index >= 15 is 0 Å². The van der Waals surface area contributed by atoms with E-state index in [1.54, 1.807) is 12.1 Å². The summed E-state index contributed by atoms with van der Waals surface area (Å²) in [5.41, 5.74) is 2.20. The van der Waals surface area contributed by atoms with Gasteiger partial charge in [-0.3, -0.25) is 4.79 Å². The van der Waals surface area contributed by atoms with E-state index in [-0.39, 0.29) is 11.5 Å². The topological polar surface area (TPSA) is 91.1 Å². The standard InChI is InChI=1S/C15H11N3O3/c19-14-13(11-3-1-2-4-12(11)16-14)18-17-10-7-5-9(6-8-10)15(20)21/h1-8,13H,(H,16,19)(H,20,21). The molecule has 21 heavy (non-hydrogen) atoms. The zero-order valence-corrected chi connectivity index (χ0v) is 10.9. The van der Waals surface area contributed by atoms with Crippen LogP contribution in [0, 0.1) is 0 Å². The second-order valence-electron chi connectivity index (χ2n) is 4.55. The number of azo groups is 1. The Balaban J connectivity index is 1.83. The van der Waals surface area contributed by atoms with Gasteiger partial charge in [0.2, 0.25) is 0 Å². The van der Waals surface area contributed by atoms with Gasteiger partial charge in [0.05, 0.1) is 11.3 Å². The first-order chi connectivity index (χ1) is 10.1. The summed E-state index contributed by atoms with van der Waals surface area (Å²) < 4.78 is 0. The van der Waals surface area contributed by atoms with Crippen LogP contribution in [0.4, 0.5) is 11.4 Å². The van der Waals surface area contributed by atoms with Gasteiger partial charge in [-0.15, -0.1) is 0 Å². The Hall–Kier alpha value is -3.02. The molecule has 104 valence electrons. The van der Waals surface area contributed by atoms with Gasteiger partial charge in [-0.1, -0.05) is 18.2 Å². The van der Waals surface area contributed by atoms with Crippen LogP contribution in [-0.2, 0) is 4.79 Å².